The van der Waals surface area contributed by atoms with E-state index in [0.29, 0.717) is 5.41 Å². The van der Waals surface area contributed by atoms with Crippen molar-refractivity contribution in [2.45, 2.75) is 39.2 Å². The van der Waals surface area contributed by atoms with E-state index in [9.17, 15) is 0 Å². The van der Waals surface area contributed by atoms with Crippen molar-refractivity contribution in [2.75, 3.05) is 6.54 Å². The molecule has 0 bridgehead atoms. The molecular formula is C17H22N2. The standard InChI is InChI=1S/C17H22N2/c1-2-17(8-5-9-17)13-19-12-15-11-18-10-14-6-3-4-7-16(14)15/h3-4,6-7,10-11,19H,2,5,8-9,12-13H2,1H3. The van der Waals surface area contributed by atoms with E-state index < -0.39 is 0 Å². The highest BCUT2D eigenvalue weighted by Gasteiger charge is 2.34. The van der Waals surface area contributed by atoms with E-state index in [1.165, 1.54) is 42.0 Å². The Morgan fingerprint density at radius 2 is 2.05 bits per heavy atom. The molecule has 0 unspecified atom stereocenters. The first-order valence-electron chi connectivity index (χ1n) is 7.35. The number of nitrogens with zero attached hydrogens (tertiary/aromatic N) is 1. The molecule has 0 radical (unpaired) electrons. The topological polar surface area (TPSA) is 24.9 Å². The zero-order valence-corrected chi connectivity index (χ0v) is 11.7. The summed E-state index contributed by atoms with van der Waals surface area (Å²) in [7, 11) is 0. The Balaban J connectivity index is 1.68. The molecule has 1 aromatic heterocycles. The third-order valence-corrected chi connectivity index (χ3v) is 4.73. The Morgan fingerprint density at radius 1 is 1.21 bits per heavy atom. The predicted molar refractivity (Wildman–Crippen MR) is 80.0 cm³/mol. The number of aromatic nitrogens is 1. The molecule has 1 fully saturated rings. The molecule has 100 valence electrons. The SMILES string of the molecule is CCC1(CNCc2cncc3ccccc23)CCC1. The normalized spacial score (nSPS) is 17.3. The summed E-state index contributed by atoms with van der Waals surface area (Å²) < 4.78 is 0. The summed E-state index contributed by atoms with van der Waals surface area (Å²) in [5.41, 5.74) is 1.89. The van der Waals surface area contributed by atoms with Crippen LogP contribution in [0.1, 0.15) is 38.2 Å². The average Bonchev–Trinajstić information content (AvgIpc) is 2.42. The van der Waals surface area contributed by atoms with Crippen molar-refractivity contribution in [3.05, 3.63) is 42.2 Å². The maximum Gasteiger partial charge on any atom is 0.0346 e. The second kappa shape index (κ2) is 5.30. The molecule has 1 aromatic carbocycles. The summed E-state index contributed by atoms with van der Waals surface area (Å²) in [6, 6.07) is 8.49. The van der Waals surface area contributed by atoms with Crippen LogP contribution in [-0.4, -0.2) is 11.5 Å². The van der Waals surface area contributed by atoms with Crippen molar-refractivity contribution >= 4 is 10.8 Å². The summed E-state index contributed by atoms with van der Waals surface area (Å²) in [5, 5.41) is 6.20. The third kappa shape index (κ3) is 2.50. The molecule has 1 aliphatic rings. The lowest BCUT2D eigenvalue weighted by atomic mass is 9.67. The van der Waals surface area contributed by atoms with Gasteiger partial charge in [0, 0.05) is 30.9 Å². The van der Waals surface area contributed by atoms with Gasteiger partial charge in [-0.25, -0.2) is 0 Å². The van der Waals surface area contributed by atoms with E-state index in [2.05, 4.69) is 41.5 Å². The largest absolute Gasteiger partial charge is 0.312 e. The Labute approximate surface area is 115 Å². The molecule has 0 aliphatic heterocycles. The van der Waals surface area contributed by atoms with Gasteiger partial charge in [-0.15, -0.1) is 0 Å². The van der Waals surface area contributed by atoms with Gasteiger partial charge in [-0.1, -0.05) is 37.6 Å². The Bertz CT molecular complexity index is 547. The molecule has 0 amide bonds. The number of rotatable bonds is 5. The van der Waals surface area contributed by atoms with Gasteiger partial charge in [0.25, 0.3) is 0 Å². The Kier molecular flexibility index (Phi) is 3.52. The number of pyridine rings is 1. The van der Waals surface area contributed by atoms with Gasteiger partial charge in [-0.2, -0.15) is 0 Å². The van der Waals surface area contributed by atoms with E-state index in [1.54, 1.807) is 0 Å². The van der Waals surface area contributed by atoms with Crippen LogP contribution in [0.3, 0.4) is 0 Å². The number of nitrogens with one attached hydrogen (secondary N) is 1. The van der Waals surface area contributed by atoms with Gasteiger partial charge in [-0.05, 0) is 35.6 Å². The summed E-state index contributed by atoms with van der Waals surface area (Å²) in [4.78, 5) is 4.34. The number of fused-ring (bicyclic) bond motifs is 1. The van der Waals surface area contributed by atoms with Crippen molar-refractivity contribution < 1.29 is 0 Å². The lowest BCUT2D eigenvalue weighted by Crippen LogP contribution is -2.39. The van der Waals surface area contributed by atoms with Crippen molar-refractivity contribution in [2.24, 2.45) is 5.41 Å². The van der Waals surface area contributed by atoms with Crippen molar-refractivity contribution in [3.63, 3.8) is 0 Å². The van der Waals surface area contributed by atoms with Crippen LogP contribution in [0.25, 0.3) is 10.8 Å². The van der Waals surface area contributed by atoms with Crippen LogP contribution >= 0.6 is 0 Å². The molecule has 1 saturated carbocycles. The summed E-state index contributed by atoms with van der Waals surface area (Å²) in [5.74, 6) is 0. The first kappa shape index (κ1) is 12.6. The van der Waals surface area contributed by atoms with E-state index in [0.717, 1.165) is 13.1 Å². The molecule has 3 rings (SSSR count). The molecule has 0 spiro atoms. The molecule has 2 nitrogen and oxygen atoms in total. The zero-order valence-electron chi connectivity index (χ0n) is 11.7. The maximum atomic E-state index is 4.34. The van der Waals surface area contributed by atoms with Gasteiger partial charge < -0.3 is 5.32 Å². The van der Waals surface area contributed by atoms with E-state index in [1.807, 2.05) is 12.4 Å². The van der Waals surface area contributed by atoms with Gasteiger partial charge in [0.05, 0.1) is 0 Å². The lowest BCUT2D eigenvalue weighted by Gasteiger charge is -2.41. The van der Waals surface area contributed by atoms with Gasteiger partial charge >= 0.3 is 0 Å². The summed E-state index contributed by atoms with van der Waals surface area (Å²) in [6.45, 7) is 4.39. The molecule has 2 aromatic rings. The van der Waals surface area contributed by atoms with Crippen molar-refractivity contribution in [3.8, 4) is 0 Å². The smallest absolute Gasteiger partial charge is 0.0346 e. The first-order valence-corrected chi connectivity index (χ1v) is 7.35. The Hall–Kier alpha value is -1.41. The van der Waals surface area contributed by atoms with E-state index in [4.69, 9.17) is 0 Å². The molecule has 0 atom stereocenters. The Morgan fingerprint density at radius 3 is 2.79 bits per heavy atom. The van der Waals surface area contributed by atoms with Gasteiger partial charge in [-0.3, -0.25) is 4.98 Å². The number of benzene rings is 1. The zero-order chi connectivity index (χ0) is 13.1. The highest BCUT2D eigenvalue weighted by atomic mass is 14.9. The average molecular weight is 254 g/mol. The molecule has 1 heterocycles. The predicted octanol–water partition coefficient (Wildman–Crippen LogP) is 3.90. The van der Waals surface area contributed by atoms with Crippen LogP contribution in [0, 0.1) is 5.41 Å². The van der Waals surface area contributed by atoms with Gasteiger partial charge in [0.1, 0.15) is 0 Å². The van der Waals surface area contributed by atoms with Crippen LogP contribution in [0.2, 0.25) is 0 Å². The maximum absolute atomic E-state index is 4.34. The second-order valence-electron chi connectivity index (χ2n) is 5.83. The third-order valence-electron chi connectivity index (χ3n) is 4.73. The minimum atomic E-state index is 0.581. The second-order valence-corrected chi connectivity index (χ2v) is 5.83. The molecule has 1 N–H and O–H groups in total. The first-order chi connectivity index (χ1) is 9.33. The highest BCUT2D eigenvalue weighted by Crippen LogP contribution is 2.43. The fourth-order valence-corrected chi connectivity index (χ4v) is 3.11. The lowest BCUT2D eigenvalue weighted by molar-refractivity contribution is 0.124. The van der Waals surface area contributed by atoms with Gasteiger partial charge in [0.15, 0.2) is 0 Å². The quantitative estimate of drug-likeness (QED) is 0.875. The minimum Gasteiger partial charge on any atom is -0.312 e. The summed E-state index contributed by atoms with van der Waals surface area (Å²) >= 11 is 0. The monoisotopic (exact) mass is 254 g/mol. The van der Waals surface area contributed by atoms with Crippen molar-refractivity contribution in [1.29, 1.82) is 0 Å². The molecular weight excluding hydrogens is 232 g/mol. The molecule has 19 heavy (non-hydrogen) atoms. The van der Waals surface area contributed by atoms with E-state index >= 15 is 0 Å². The van der Waals surface area contributed by atoms with Crippen LogP contribution in [0.15, 0.2) is 36.7 Å². The van der Waals surface area contributed by atoms with Crippen LogP contribution < -0.4 is 5.32 Å². The molecule has 0 saturated heterocycles. The number of hydrogen-bond donors (Lipinski definition) is 1. The summed E-state index contributed by atoms with van der Waals surface area (Å²) in [6.07, 6.45) is 9.43. The minimum absolute atomic E-state index is 0.581. The fraction of sp³-hybridized carbons (Fsp3) is 0.471. The van der Waals surface area contributed by atoms with Crippen LogP contribution in [0.4, 0.5) is 0 Å². The van der Waals surface area contributed by atoms with Crippen LogP contribution in [0.5, 0.6) is 0 Å². The highest BCUT2D eigenvalue weighted by molar-refractivity contribution is 5.84. The fourth-order valence-electron chi connectivity index (χ4n) is 3.11. The number of hydrogen-bond acceptors (Lipinski definition) is 2. The van der Waals surface area contributed by atoms with Crippen LogP contribution in [-0.2, 0) is 6.54 Å². The molecule has 2 heteroatoms. The van der Waals surface area contributed by atoms with Crippen molar-refractivity contribution in [1.82, 2.24) is 10.3 Å². The molecule has 1 aliphatic carbocycles. The van der Waals surface area contributed by atoms with Gasteiger partial charge in [0.2, 0.25) is 0 Å². The van der Waals surface area contributed by atoms with E-state index in [-0.39, 0.29) is 0 Å².